The second-order valence-corrected chi connectivity index (χ2v) is 8.01. The first kappa shape index (κ1) is 15.7. The molecule has 20 heavy (non-hydrogen) atoms. The predicted molar refractivity (Wildman–Crippen MR) is 86.4 cm³/mol. The highest BCUT2D eigenvalue weighted by Gasteiger charge is 2.30. The molecule has 0 spiro atoms. The van der Waals surface area contributed by atoms with Crippen LogP contribution in [0.25, 0.3) is 0 Å². The number of carbonyl (C=O) groups is 1. The highest BCUT2D eigenvalue weighted by molar-refractivity contribution is 8.01. The smallest absolute Gasteiger partial charge is 0.236 e. The van der Waals surface area contributed by atoms with Crippen LogP contribution in [-0.4, -0.2) is 16.7 Å². The molecule has 0 radical (unpaired) electrons. The van der Waals surface area contributed by atoms with Crippen LogP contribution in [-0.2, 0) is 4.79 Å². The van der Waals surface area contributed by atoms with Crippen LogP contribution >= 0.6 is 23.4 Å². The van der Waals surface area contributed by atoms with E-state index >= 15 is 0 Å². The van der Waals surface area contributed by atoms with E-state index in [9.17, 15) is 4.79 Å². The van der Waals surface area contributed by atoms with Gasteiger partial charge in [0.2, 0.25) is 5.91 Å². The van der Waals surface area contributed by atoms with Crippen LogP contribution in [0.5, 0.6) is 0 Å². The Hall–Kier alpha value is -0.670. The molecule has 110 valence electrons. The van der Waals surface area contributed by atoms with Crippen LogP contribution in [0.3, 0.4) is 0 Å². The zero-order valence-electron chi connectivity index (χ0n) is 12.1. The van der Waals surface area contributed by atoms with Crippen molar-refractivity contribution >= 4 is 29.3 Å². The largest absolute Gasteiger partial charge is 0.352 e. The molecule has 0 atom stereocenters. The molecule has 0 aromatic heterocycles. The van der Waals surface area contributed by atoms with Gasteiger partial charge >= 0.3 is 0 Å². The highest BCUT2D eigenvalue weighted by atomic mass is 35.5. The van der Waals surface area contributed by atoms with Gasteiger partial charge in [0.1, 0.15) is 0 Å². The van der Waals surface area contributed by atoms with E-state index < -0.39 is 4.75 Å². The normalized spacial score (nSPS) is 16.9. The van der Waals surface area contributed by atoms with Crippen LogP contribution in [0.2, 0.25) is 5.02 Å². The minimum absolute atomic E-state index is 0.129. The summed E-state index contributed by atoms with van der Waals surface area (Å²) >= 11 is 7.47. The summed E-state index contributed by atoms with van der Waals surface area (Å²) in [5.74, 6) is 0.129. The number of amides is 1. The molecule has 1 saturated carbocycles. The van der Waals surface area contributed by atoms with Crippen LogP contribution in [0.1, 0.15) is 46.0 Å². The zero-order chi connectivity index (χ0) is 14.6. The van der Waals surface area contributed by atoms with Crippen molar-refractivity contribution in [2.75, 3.05) is 0 Å². The molecule has 0 heterocycles. The Kier molecular flexibility index (Phi) is 5.39. The van der Waals surface area contributed by atoms with Gasteiger partial charge in [-0.05, 0) is 51.0 Å². The first-order chi connectivity index (χ1) is 9.47. The van der Waals surface area contributed by atoms with Crippen LogP contribution in [0, 0.1) is 0 Å². The van der Waals surface area contributed by atoms with Crippen molar-refractivity contribution in [2.24, 2.45) is 0 Å². The summed E-state index contributed by atoms with van der Waals surface area (Å²) in [6.45, 7) is 3.95. The highest BCUT2D eigenvalue weighted by Crippen LogP contribution is 2.33. The van der Waals surface area contributed by atoms with Crippen molar-refractivity contribution in [2.45, 2.75) is 61.6 Å². The van der Waals surface area contributed by atoms with E-state index in [-0.39, 0.29) is 5.91 Å². The molecule has 2 rings (SSSR count). The number of nitrogens with one attached hydrogen (secondary N) is 1. The van der Waals surface area contributed by atoms with E-state index in [0.29, 0.717) is 6.04 Å². The first-order valence-corrected chi connectivity index (χ1v) is 8.42. The van der Waals surface area contributed by atoms with Gasteiger partial charge in [0, 0.05) is 16.0 Å². The van der Waals surface area contributed by atoms with Crippen LogP contribution < -0.4 is 5.32 Å². The Morgan fingerprint density at radius 1 is 1.20 bits per heavy atom. The van der Waals surface area contributed by atoms with E-state index in [1.54, 1.807) is 11.8 Å². The average Bonchev–Trinajstić information content (AvgIpc) is 2.42. The fraction of sp³-hybridized carbons (Fsp3) is 0.562. The maximum Gasteiger partial charge on any atom is 0.236 e. The monoisotopic (exact) mass is 311 g/mol. The summed E-state index contributed by atoms with van der Waals surface area (Å²) in [6.07, 6.45) is 6.00. The van der Waals surface area contributed by atoms with E-state index in [1.807, 2.05) is 38.1 Å². The molecule has 1 amide bonds. The molecule has 0 unspecified atom stereocenters. The standard InChI is InChI=1S/C16H22ClNOS/c1-16(2,20-14-10-8-12(17)9-11-14)15(19)18-13-6-4-3-5-7-13/h8-11,13H,3-7H2,1-2H3,(H,18,19). The molecule has 0 aliphatic heterocycles. The van der Waals surface area contributed by atoms with E-state index in [4.69, 9.17) is 11.6 Å². The number of thioether (sulfide) groups is 1. The SMILES string of the molecule is CC(C)(Sc1ccc(Cl)cc1)C(=O)NC1CCCCC1. The lowest BCUT2D eigenvalue weighted by Crippen LogP contribution is -2.45. The summed E-state index contributed by atoms with van der Waals surface area (Å²) in [6, 6.07) is 8.00. The van der Waals surface area contributed by atoms with Crippen molar-refractivity contribution < 1.29 is 4.79 Å². The lowest BCUT2D eigenvalue weighted by molar-refractivity contribution is -0.123. The minimum Gasteiger partial charge on any atom is -0.352 e. The molecular weight excluding hydrogens is 290 g/mol. The van der Waals surface area contributed by atoms with Crippen molar-refractivity contribution in [1.29, 1.82) is 0 Å². The quantitative estimate of drug-likeness (QED) is 0.819. The Bertz CT molecular complexity index is 452. The zero-order valence-corrected chi connectivity index (χ0v) is 13.7. The second-order valence-electron chi connectivity index (χ2n) is 5.87. The first-order valence-electron chi connectivity index (χ1n) is 7.23. The third-order valence-corrected chi connectivity index (χ3v) is 5.13. The topological polar surface area (TPSA) is 29.1 Å². The number of hydrogen-bond donors (Lipinski definition) is 1. The maximum absolute atomic E-state index is 12.4. The lowest BCUT2D eigenvalue weighted by atomic mass is 9.95. The molecule has 4 heteroatoms. The third kappa shape index (κ3) is 4.42. The number of carbonyl (C=O) groups excluding carboxylic acids is 1. The molecule has 1 aliphatic rings. The summed E-state index contributed by atoms with van der Waals surface area (Å²) < 4.78 is -0.467. The molecule has 1 aromatic rings. The van der Waals surface area contributed by atoms with Crippen molar-refractivity contribution in [3.05, 3.63) is 29.3 Å². The molecule has 0 bridgehead atoms. The van der Waals surface area contributed by atoms with Gasteiger partial charge in [0.25, 0.3) is 0 Å². The summed E-state index contributed by atoms with van der Waals surface area (Å²) in [5, 5.41) is 3.93. The van der Waals surface area contributed by atoms with Gasteiger partial charge in [-0.15, -0.1) is 11.8 Å². The van der Waals surface area contributed by atoms with Gasteiger partial charge in [0.15, 0.2) is 0 Å². The third-order valence-electron chi connectivity index (χ3n) is 3.67. The van der Waals surface area contributed by atoms with Gasteiger partial charge in [-0.1, -0.05) is 30.9 Å². The van der Waals surface area contributed by atoms with Gasteiger partial charge in [-0.25, -0.2) is 0 Å². The maximum atomic E-state index is 12.4. The molecule has 1 fully saturated rings. The Morgan fingerprint density at radius 3 is 2.40 bits per heavy atom. The van der Waals surface area contributed by atoms with Crippen molar-refractivity contribution in [3.8, 4) is 0 Å². The van der Waals surface area contributed by atoms with E-state index in [2.05, 4.69) is 5.32 Å². The number of halogens is 1. The molecule has 2 nitrogen and oxygen atoms in total. The fourth-order valence-electron chi connectivity index (χ4n) is 2.45. The molecule has 1 aliphatic carbocycles. The van der Waals surface area contributed by atoms with Crippen molar-refractivity contribution in [1.82, 2.24) is 5.32 Å². The number of rotatable bonds is 4. The van der Waals surface area contributed by atoms with Gasteiger partial charge in [-0.3, -0.25) is 4.79 Å². The number of hydrogen-bond acceptors (Lipinski definition) is 2. The van der Waals surface area contributed by atoms with E-state index in [0.717, 1.165) is 22.8 Å². The summed E-state index contributed by atoms with van der Waals surface area (Å²) in [4.78, 5) is 13.5. The lowest BCUT2D eigenvalue weighted by Gasteiger charge is -2.29. The van der Waals surface area contributed by atoms with Crippen LogP contribution in [0.15, 0.2) is 29.2 Å². The molecule has 1 aromatic carbocycles. The molecule has 1 N–H and O–H groups in total. The van der Waals surface area contributed by atoms with E-state index in [1.165, 1.54) is 19.3 Å². The summed E-state index contributed by atoms with van der Waals surface area (Å²) in [7, 11) is 0. The minimum atomic E-state index is -0.467. The van der Waals surface area contributed by atoms with Gasteiger partial charge in [-0.2, -0.15) is 0 Å². The van der Waals surface area contributed by atoms with Crippen molar-refractivity contribution in [3.63, 3.8) is 0 Å². The molecular formula is C16H22ClNOS. The summed E-state index contributed by atoms with van der Waals surface area (Å²) in [5.41, 5.74) is 0. The van der Waals surface area contributed by atoms with Crippen LogP contribution in [0.4, 0.5) is 0 Å². The average molecular weight is 312 g/mol. The molecule has 0 saturated heterocycles. The Balaban J connectivity index is 1.94. The Labute approximate surface area is 130 Å². The van der Waals surface area contributed by atoms with Gasteiger partial charge < -0.3 is 5.32 Å². The predicted octanol–water partition coefficient (Wildman–Crippen LogP) is 4.66. The van der Waals surface area contributed by atoms with Gasteiger partial charge in [0.05, 0.1) is 4.75 Å². The second kappa shape index (κ2) is 6.86. The Morgan fingerprint density at radius 2 is 1.80 bits per heavy atom. The number of benzene rings is 1. The fourth-order valence-corrected chi connectivity index (χ4v) is 3.59.